The number of nitrogens with zero attached hydrogens (tertiary/aromatic N) is 1. The van der Waals surface area contributed by atoms with E-state index < -0.39 is 0 Å². The fraction of sp³-hybridized carbons (Fsp3) is 0.375. The molecule has 112 valence electrons. The highest BCUT2D eigenvalue weighted by molar-refractivity contribution is 6.08. The molecule has 21 heavy (non-hydrogen) atoms. The van der Waals surface area contributed by atoms with Crippen LogP contribution in [0.4, 0.5) is 11.4 Å². The Morgan fingerprint density at radius 3 is 2.67 bits per heavy atom. The van der Waals surface area contributed by atoms with E-state index in [4.69, 9.17) is 0 Å². The Labute approximate surface area is 125 Å². The number of aromatic nitrogens is 2. The molecule has 0 atom stereocenters. The molecule has 3 N–H and O–H groups in total. The Hall–Kier alpha value is -2.30. The summed E-state index contributed by atoms with van der Waals surface area (Å²) in [4.78, 5) is 12.5. The minimum atomic E-state index is -0.124. The van der Waals surface area contributed by atoms with Gasteiger partial charge in [-0.1, -0.05) is 13.0 Å². The van der Waals surface area contributed by atoms with E-state index in [9.17, 15) is 4.79 Å². The summed E-state index contributed by atoms with van der Waals surface area (Å²) in [5, 5.41) is 13.2. The van der Waals surface area contributed by atoms with Crippen LogP contribution in [0.5, 0.6) is 0 Å². The number of nitrogens with one attached hydrogen (secondary N) is 3. The first-order chi connectivity index (χ1) is 10.0. The standard InChI is InChI=1S/C16H22N4O/c1-5-8-17-14-9-10(2)6-7-13(14)16(21)18-15-11(3)19-20-12(15)4/h6-7,9,17H,5,8H2,1-4H3,(H,18,21)(H,19,20). The van der Waals surface area contributed by atoms with Crippen LogP contribution in [0.25, 0.3) is 0 Å². The monoisotopic (exact) mass is 286 g/mol. The van der Waals surface area contributed by atoms with Gasteiger partial charge in [0.05, 0.1) is 22.6 Å². The molecule has 5 heteroatoms. The van der Waals surface area contributed by atoms with E-state index in [2.05, 4.69) is 27.8 Å². The van der Waals surface area contributed by atoms with E-state index in [0.717, 1.165) is 41.3 Å². The van der Waals surface area contributed by atoms with Gasteiger partial charge in [0, 0.05) is 12.2 Å². The topological polar surface area (TPSA) is 69.8 Å². The van der Waals surface area contributed by atoms with Crippen molar-refractivity contribution < 1.29 is 4.79 Å². The van der Waals surface area contributed by atoms with E-state index in [-0.39, 0.29) is 5.91 Å². The summed E-state index contributed by atoms with van der Waals surface area (Å²) in [5.74, 6) is -0.124. The van der Waals surface area contributed by atoms with Crippen molar-refractivity contribution >= 4 is 17.3 Å². The van der Waals surface area contributed by atoms with Gasteiger partial charge in [0.2, 0.25) is 0 Å². The molecule has 2 aromatic rings. The van der Waals surface area contributed by atoms with Crippen LogP contribution < -0.4 is 10.6 Å². The lowest BCUT2D eigenvalue weighted by Gasteiger charge is -2.13. The van der Waals surface area contributed by atoms with Gasteiger partial charge in [0.15, 0.2) is 0 Å². The van der Waals surface area contributed by atoms with Gasteiger partial charge in [-0.2, -0.15) is 5.10 Å². The zero-order chi connectivity index (χ0) is 15.4. The fourth-order valence-corrected chi connectivity index (χ4v) is 2.18. The van der Waals surface area contributed by atoms with Crippen molar-refractivity contribution in [2.24, 2.45) is 0 Å². The summed E-state index contributed by atoms with van der Waals surface area (Å²) in [5.41, 5.74) is 5.04. The van der Waals surface area contributed by atoms with Gasteiger partial charge in [-0.25, -0.2) is 0 Å². The molecule has 1 amide bonds. The lowest BCUT2D eigenvalue weighted by atomic mass is 10.1. The second-order valence-corrected chi connectivity index (χ2v) is 5.24. The van der Waals surface area contributed by atoms with E-state index in [1.165, 1.54) is 0 Å². The van der Waals surface area contributed by atoms with Crippen LogP contribution in [0.15, 0.2) is 18.2 Å². The van der Waals surface area contributed by atoms with E-state index >= 15 is 0 Å². The molecule has 0 aliphatic carbocycles. The Balaban J connectivity index is 2.26. The van der Waals surface area contributed by atoms with Crippen LogP contribution in [0, 0.1) is 20.8 Å². The molecule has 1 aromatic heterocycles. The molecule has 2 rings (SSSR count). The third-order valence-corrected chi connectivity index (χ3v) is 3.35. The molecule has 1 heterocycles. The molecule has 0 aliphatic heterocycles. The lowest BCUT2D eigenvalue weighted by molar-refractivity contribution is 0.102. The number of anilines is 2. The van der Waals surface area contributed by atoms with Crippen molar-refractivity contribution in [2.45, 2.75) is 34.1 Å². The number of carbonyl (C=O) groups is 1. The smallest absolute Gasteiger partial charge is 0.257 e. The first-order valence-electron chi connectivity index (χ1n) is 7.20. The first kappa shape index (κ1) is 15.1. The first-order valence-corrected chi connectivity index (χ1v) is 7.20. The Kier molecular flexibility index (Phi) is 4.62. The molecule has 0 spiro atoms. The molecule has 5 nitrogen and oxygen atoms in total. The van der Waals surface area contributed by atoms with Crippen molar-refractivity contribution in [1.29, 1.82) is 0 Å². The van der Waals surface area contributed by atoms with Gasteiger partial charge in [0.25, 0.3) is 5.91 Å². The van der Waals surface area contributed by atoms with Crippen LogP contribution in [0.2, 0.25) is 0 Å². The molecule has 1 aromatic carbocycles. The average molecular weight is 286 g/mol. The molecule has 0 saturated heterocycles. The van der Waals surface area contributed by atoms with Crippen LogP contribution in [0.3, 0.4) is 0 Å². The van der Waals surface area contributed by atoms with Crippen LogP contribution in [0.1, 0.15) is 40.7 Å². The maximum Gasteiger partial charge on any atom is 0.257 e. The second kappa shape index (κ2) is 6.43. The van der Waals surface area contributed by atoms with Crippen molar-refractivity contribution in [3.8, 4) is 0 Å². The van der Waals surface area contributed by atoms with E-state index in [1.54, 1.807) is 0 Å². The Morgan fingerprint density at radius 2 is 2.05 bits per heavy atom. The molecule has 0 saturated carbocycles. The van der Waals surface area contributed by atoms with E-state index in [0.29, 0.717) is 5.56 Å². The van der Waals surface area contributed by atoms with Crippen molar-refractivity contribution in [2.75, 3.05) is 17.2 Å². The quantitative estimate of drug-likeness (QED) is 0.789. The SMILES string of the molecule is CCCNc1cc(C)ccc1C(=O)Nc1c(C)n[nH]c1C. The molecule has 0 fully saturated rings. The van der Waals surface area contributed by atoms with Gasteiger partial charge >= 0.3 is 0 Å². The maximum atomic E-state index is 12.5. The van der Waals surface area contributed by atoms with Crippen molar-refractivity contribution in [3.05, 3.63) is 40.7 Å². The fourth-order valence-electron chi connectivity index (χ4n) is 2.18. The number of rotatable bonds is 5. The predicted octanol–water partition coefficient (Wildman–Crippen LogP) is 3.41. The predicted molar refractivity (Wildman–Crippen MR) is 86.0 cm³/mol. The largest absolute Gasteiger partial charge is 0.384 e. The van der Waals surface area contributed by atoms with Crippen molar-refractivity contribution in [1.82, 2.24) is 10.2 Å². The minimum absolute atomic E-state index is 0.124. The average Bonchev–Trinajstić information content (AvgIpc) is 2.77. The number of hydrogen-bond acceptors (Lipinski definition) is 3. The second-order valence-electron chi connectivity index (χ2n) is 5.24. The molecule has 0 aliphatic rings. The highest BCUT2D eigenvalue weighted by atomic mass is 16.1. The van der Waals surface area contributed by atoms with E-state index in [1.807, 2.05) is 39.0 Å². The van der Waals surface area contributed by atoms with Gasteiger partial charge in [0.1, 0.15) is 0 Å². The summed E-state index contributed by atoms with van der Waals surface area (Å²) >= 11 is 0. The van der Waals surface area contributed by atoms with Crippen LogP contribution >= 0.6 is 0 Å². The van der Waals surface area contributed by atoms with Gasteiger partial charge in [-0.3, -0.25) is 9.89 Å². The number of carbonyl (C=O) groups excluding carboxylic acids is 1. The molecule has 0 radical (unpaired) electrons. The number of aryl methyl sites for hydroxylation is 3. The van der Waals surface area contributed by atoms with Crippen LogP contribution in [-0.2, 0) is 0 Å². The van der Waals surface area contributed by atoms with Gasteiger partial charge in [-0.05, 0) is 44.9 Å². The number of H-pyrrole nitrogens is 1. The summed E-state index contributed by atoms with van der Waals surface area (Å²) in [6, 6.07) is 5.80. The molecule has 0 bridgehead atoms. The normalized spacial score (nSPS) is 10.5. The highest BCUT2D eigenvalue weighted by Gasteiger charge is 2.15. The summed E-state index contributed by atoms with van der Waals surface area (Å²) < 4.78 is 0. The zero-order valence-corrected chi connectivity index (χ0v) is 13.0. The van der Waals surface area contributed by atoms with Crippen molar-refractivity contribution in [3.63, 3.8) is 0 Å². The molecular weight excluding hydrogens is 264 g/mol. The maximum absolute atomic E-state index is 12.5. The summed E-state index contributed by atoms with van der Waals surface area (Å²) in [7, 11) is 0. The zero-order valence-electron chi connectivity index (χ0n) is 13.0. The molecule has 0 unspecified atom stereocenters. The lowest BCUT2D eigenvalue weighted by Crippen LogP contribution is -2.16. The number of amides is 1. The highest BCUT2D eigenvalue weighted by Crippen LogP contribution is 2.22. The number of aromatic amines is 1. The minimum Gasteiger partial charge on any atom is -0.384 e. The van der Waals surface area contributed by atoms with Gasteiger partial charge < -0.3 is 10.6 Å². The third kappa shape index (κ3) is 3.42. The van der Waals surface area contributed by atoms with Crippen LogP contribution in [-0.4, -0.2) is 22.6 Å². The summed E-state index contributed by atoms with van der Waals surface area (Å²) in [6.07, 6.45) is 1.01. The third-order valence-electron chi connectivity index (χ3n) is 3.35. The summed E-state index contributed by atoms with van der Waals surface area (Å²) in [6.45, 7) is 8.71. The Morgan fingerprint density at radius 1 is 1.29 bits per heavy atom. The number of hydrogen-bond donors (Lipinski definition) is 3. The van der Waals surface area contributed by atoms with Gasteiger partial charge in [-0.15, -0.1) is 0 Å². The number of benzene rings is 1. The molecular formula is C16H22N4O. The Bertz CT molecular complexity index is 626.